The van der Waals surface area contributed by atoms with Gasteiger partial charge >= 0.3 is 0 Å². The third kappa shape index (κ3) is 2.39. The van der Waals surface area contributed by atoms with Gasteiger partial charge in [-0.05, 0) is 33.1 Å². The zero-order valence-corrected chi connectivity index (χ0v) is 10.1. The standard InChI is InChI=1S/C12H16N2S/c1-3-4-8-13-10-6-5-7-11-12(10)15-9(2)14-11/h10,13H,5-8H2,1-2H3. The summed E-state index contributed by atoms with van der Waals surface area (Å²) in [5.74, 6) is 5.97. The van der Waals surface area contributed by atoms with E-state index >= 15 is 0 Å². The molecule has 1 aromatic rings. The molecule has 0 amide bonds. The minimum Gasteiger partial charge on any atom is -0.298 e. The molecular formula is C12H16N2S. The van der Waals surface area contributed by atoms with Crippen LogP contribution in [-0.4, -0.2) is 11.5 Å². The van der Waals surface area contributed by atoms with E-state index in [-0.39, 0.29) is 0 Å². The van der Waals surface area contributed by atoms with Gasteiger partial charge in [-0.3, -0.25) is 5.32 Å². The topological polar surface area (TPSA) is 24.9 Å². The molecule has 0 aliphatic heterocycles. The van der Waals surface area contributed by atoms with Crippen LogP contribution in [0.25, 0.3) is 0 Å². The lowest BCUT2D eigenvalue weighted by molar-refractivity contribution is 0.487. The monoisotopic (exact) mass is 220 g/mol. The molecule has 0 radical (unpaired) electrons. The summed E-state index contributed by atoms with van der Waals surface area (Å²) < 4.78 is 0. The smallest absolute Gasteiger partial charge is 0.0900 e. The van der Waals surface area contributed by atoms with E-state index in [9.17, 15) is 0 Å². The number of rotatable bonds is 2. The van der Waals surface area contributed by atoms with Crippen LogP contribution in [0.2, 0.25) is 0 Å². The number of hydrogen-bond donors (Lipinski definition) is 1. The van der Waals surface area contributed by atoms with Gasteiger partial charge in [0.2, 0.25) is 0 Å². The molecule has 2 nitrogen and oxygen atoms in total. The fourth-order valence-corrected chi connectivity index (χ4v) is 3.08. The molecule has 1 unspecified atom stereocenters. The van der Waals surface area contributed by atoms with Crippen LogP contribution in [0.5, 0.6) is 0 Å². The third-order valence-electron chi connectivity index (χ3n) is 2.67. The van der Waals surface area contributed by atoms with Crippen molar-refractivity contribution in [1.82, 2.24) is 10.3 Å². The summed E-state index contributed by atoms with van der Waals surface area (Å²) in [5, 5.41) is 4.68. The molecule has 80 valence electrons. The van der Waals surface area contributed by atoms with Crippen LogP contribution in [0.1, 0.15) is 41.4 Å². The van der Waals surface area contributed by atoms with Gasteiger partial charge in [-0.15, -0.1) is 17.3 Å². The maximum atomic E-state index is 4.57. The van der Waals surface area contributed by atoms with E-state index < -0.39 is 0 Å². The van der Waals surface area contributed by atoms with Crippen LogP contribution in [0, 0.1) is 18.8 Å². The molecule has 0 fully saturated rings. The van der Waals surface area contributed by atoms with Gasteiger partial charge in [0.05, 0.1) is 17.2 Å². The van der Waals surface area contributed by atoms with Crippen molar-refractivity contribution in [3.63, 3.8) is 0 Å². The fourth-order valence-electron chi connectivity index (χ4n) is 2.00. The summed E-state index contributed by atoms with van der Waals surface area (Å²) >= 11 is 1.83. The molecule has 3 heteroatoms. The van der Waals surface area contributed by atoms with Crippen LogP contribution in [0.4, 0.5) is 0 Å². The largest absolute Gasteiger partial charge is 0.298 e. The van der Waals surface area contributed by atoms with E-state index in [0.717, 1.165) is 13.0 Å². The Morgan fingerprint density at radius 2 is 2.47 bits per heavy atom. The Kier molecular flexibility index (Phi) is 3.40. The first kappa shape index (κ1) is 10.7. The number of hydrogen-bond acceptors (Lipinski definition) is 3. The van der Waals surface area contributed by atoms with Crippen molar-refractivity contribution < 1.29 is 0 Å². The van der Waals surface area contributed by atoms with Gasteiger partial charge in [0.1, 0.15) is 0 Å². The third-order valence-corrected chi connectivity index (χ3v) is 3.80. The zero-order valence-electron chi connectivity index (χ0n) is 9.26. The van der Waals surface area contributed by atoms with Crippen molar-refractivity contribution in [2.24, 2.45) is 0 Å². The maximum absolute atomic E-state index is 4.57. The van der Waals surface area contributed by atoms with Gasteiger partial charge in [-0.2, -0.15) is 0 Å². The van der Waals surface area contributed by atoms with Gasteiger partial charge in [-0.1, -0.05) is 5.92 Å². The summed E-state index contributed by atoms with van der Waals surface area (Å²) in [7, 11) is 0. The van der Waals surface area contributed by atoms with Crippen molar-refractivity contribution in [1.29, 1.82) is 0 Å². The van der Waals surface area contributed by atoms with E-state index in [2.05, 4.69) is 29.1 Å². The first-order chi connectivity index (χ1) is 7.31. The van der Waals surface area contributed by atoms with Gasteiger partial charge < -0.3 is 0 Å². The second-order valence-electron chi connectivity index (χ2n) is 3.80. The molecule has 1 aliphatic carbocycles. The molecule has 1 aliphatic rings. The van der Waals surface area contributed by atoms with Crippen molar-refractivity contribution in [3.05, 3.63) is 15.6 Å². The summed E-state index contributed by atoms with van der Waals surface area (Å²) in [6.07, 6.45) is 3.62. The van der Waals surface area contributed by atoms with E-state index in [1.165, 1.54) is 28.4 Å². The predicted molar refractivity (Wildman–Crippen MR) is 64.0 cm³/mol. The molecule has 2 rings (SSSR count). The molecule has 15 heavy (non-hydrogen) atoms. The fraction of sp³-hybridized carbons (Fsp3) is 0.583. The minimum absolute atomic E-state index is 0.487. The van der Waals surface area contributed by atoms with E-state index in [1.54, 1.807) is 0 Å². The molecule has 0 bridgehead atoms. The zero-order chi connectivity index (χ0) is 10.7. The molecule has 0 saturated heterocycles. The lowest BCUT2D eigenvalue weighted by atomic mass is 9.98. The first-order valence-corrected chi connectivity index (χ1v) is 6.22. The second kappa shape index (κ2) is 4.78. The Bertz CT molecular complexity index is 397. The Labute approximate surface area is 95.1 Å². The molecule has 1 heterocycles. The van der Waals surface area contributed by atoms with E-state index in [0.29, 0.717) is 6.04 Å². The van der Waals surface area contributed by atoms with Crippen LogP contribution in [-0.2, 0) is 6.42 Å². The first-order valence-electron chi connectivity index (χ1n) is 5.40. The van der Waals surface area contributed by atoms with Crippen LogP contribution in [0.3, 0.4) is 0 Å². The SMILES string of the molecule is CC#CCNC1CCCc2nc(C)sc21. The number of aromatic nitrogens is 1. The molecule has 1 N–H and O–H groups in total. The number of thiazole rings is 1. The number of nitrogens with one attached hydrogen (secondary N) is 1. The average Bonchev–Trinajstić information content (AvgIpc) is 2.59. The summed E-state index contributed by atoms with van der Waals surface area (Å²) in [6, 6.07) is 0.487. The number of fused-ring (bicyclic) bond motifs is 1. The molecule has 1 atom stereocenters. The van der Waals surface area contributed by atoms with Gasteiger partial charge in [0, 0.05) is 10.9 Å². The van der Waals surface area contributed by atoms with Crippen LogP contribution in [0.15, 0.2) is 0 Å². The maximum Gasteiger partial charge on any atom is 0.0900 e. The van der Waals surface area contributed by atoms with Crippen molar-refractivity contribution in [3.8, 4) is 11.8 Å². The Morgan fingerprint density at radius 3 is 3.27 bits per heavy atom. The average molecular weight is 220 g/mol. The predicted octanol–water partition coefficient (Wildman–Crippen LogP) is 2.44. The highest BCUT2D eigenvalue weighted by Gasteiger charge is 2.22. The molecular weight excluding hydrogens is 204 g/mol. The Morgan fingerprint density at radius 1 is 1.60 bits per heavy atom. The van der Waals surface area contributed by atoms with Gasteiger partial charge in [0.25, 0.3) is 0 Å². The van der Waals surface area contributed by atoms with E-state index in [1.807, 2.05) is 18.3 Å². The lowest BCUT2D eigenvalue weighted by Crippen LogP contribution is -2.24. The van der Waals surface area contributed by atoms with Crippen molar-refractivity contribution in [2.45, 2.75) is 39.2 Å². The molecule has 1 aromatic heterocycles. The quantitative estimate of drug-likeness (QED) is 0.774. The lowest BCUT2D eigenvalue weighted by Gasteiger charge is -2.21. The minimum atomic E-state index is 0.487. The highest BCUT2D eigenvalue weighted by molar-refractivity contribution is 7.11. The van der Waals surface area contributed by atoms with Gasteiger partial charge in [-0.25, -0.2) is 4.98 Å². The van der Waals surface area contributed by atoms with Crippen molar-refractivity contribution in [2.75, 3.05) is 6.54 Å². The number of nitrogens with zero attached hydrogens (tertiary/aromatic N) is 1. The summed E-state index contributed by atoms with van der Waals surface area (Å²) in [6.45, 7) is 4.76. The highest BCUT2D eigenvalue weighted by Crippen LogP contribution is 2.33. The molecule has 0 aromatic carbocycles. The second-order valence-corrected chi connectivity index (χ2v) is 5.03. The van der Waals surface area contributed by atoms with Crippen LogP contribution >= 0.6 is 11.3 Å². The molecule has 0 spiro atoms. The summed E-state index contributed by atoms with van der Waals surface area (Å²) in [5.41, 5.74) is 1.31. The van der Waals surface area contributed by atoms with Gasteiger partial charge in [0.15, 0.2) is 0 Å². The normalized spacial score (nSPS) is 19.2. The van der Waals surface area contributed by atoms with Crippen LogP contribution < -0.4 is 5.32 Å². The van der Waals surface area contributed by atoms with Crippen molar-refractivity contribution >= 4 is 11.3 Å². The number of aryl methyl sites for hydroxylation is 2. The summed E-state index contributed by atoms with van der Waals surface area (Å²) in [4.78, 5) is 6.01. The highest BCUT2D eigenvalue weighted by atomic mass is 32.1. The Hall–Kier alpha value is -0.850. The Balaban J connectivity index is 2.10. The van der Waals surface area contributed by atoms with E-state index in [4.69, 9.17) is 0 Å². The molecule has 0 saturated carbocycles.